The first-order valence-electron chi connectivity index (χ1n) is 3.48. The molecular formula is C6H8Cl2N4O2S. The maximum atomic E-state index is 11.0. The number of rotatable bonds is 2. The monoisotopic (exact) mass is 270 g/mol. The molecule has 1 aromatic rings. The second-order valence-corrected chi connectivity index (χ2v) is 3.75. The van der Waals surface area contributed by atoms with Gasteiger partial charge in [-0.15, -0.1) is 12.4 Å². The zero-order valence-corrected chi connectivity index (χ0v) is 9.68. The summed E-state index contributed by atoms with van der Waals surface area (Å²) in [5.74, 6) is 0.188. The summed E-state index contributed by atoms with van der Waals surface area (Å²) in [6, 6.07) is 0. The van der Waals surface area contributed by atoms with Crippen molar-refractivity contribution in [2.45, 2.75) is 5.75 Å². The van der Waals surface area contributed by atoms with E-state index < -0.39 is 11.2 Å². The molecule has 0 bridgehead atoms. The summed E-state index contributed by atoms with van der Waals surface area (Å²) in [5.41, 5.74) is 4.09. The van der Waals surface area contributed by atoms with Crippen LogP contribution in [0.5, 0.6) is 0 Å². The number of hydrogen-bond acceptors (Lipinski definition) is 4. The van der Waals surface area contributed by atoms with Gasteiger partial charge in [-0.1, -0.05) is 23.4 Å². The first kappa shape index (κ1) is 14.1. The zero-order valence-electron chi connectivity index (χ0n) is 7.30. The highest BCUT2D eigenvalue weighted by molar-refractivity contribution is 8.13. The lowest BCUT2D eigenvalue weighted by Gasteiger charge is -2.00. The van der Waals surface area contributed by atoms with Crippen LogP contribution in [0.25, 0.3) is 0 Å². The van der Waals surface area contributed by atoms with Crippen LogP contribution in [-0.4, -0.2) is 15.1 Å². The molecule has 0 aliphatic carbocycles. The van der Waals surface area contributed by atoms with Gasteiger partial charge in [-0.25, -0.2) is 4.79 Å². The molecule has 0 aromatic carbocycles. The third-order valence-electron chi connectivity index (χ3n) is 1.33. The van der Waals surface area contributed by atoms with Crippen molar-refractivity contribution in [2.24, 2.45) is 5.73 Å². The minimum Gasteiger partial charge on any atom is -0.379 e. The Morgan fingerprint density at radius 1 is 1.47 bits per heavy atom. The van der Waals surface area contributed by atoms with Gasteiger partial charge < -0.3 is 10.7 Å². The summed E-state index contributed by atoms with van der Waals surface area (Å²) >= 11 is 6.58. The van der Waals surface area contributed by atoms with Gasteiger partial charge in [0.05, 0.1) is 5.69 Å². The van der Waals surface area contributed by atoms with Gasteiger partial charge in [-0.3, -0.25) is 15.2 Å². The van der Waals surface area contributed by atoms with E-state index in [1.54, 1.807) is 0 Å². The van der Waals surface area contributed by atoms with Gasteiger partial charge in [-0.2, -0.15) is 0 Å². The van der Waals surface area contributed by atoms with Gasteiger partial charge in [0, 0.05) is 5.75 Å². The Labute approximate surface area is 99.5 Å². The van der Waals surface area contributed by atoms with Crippen LogP contribution in [0, 0.1) is 5.41 Å². The van der Waals surface area contributed by atoms with Gasteiger partial charge in [0.1, 0.15) is 5.02 Å². The van der Waals surface area contributed by atoms with E-state index >= 15 is 0 Å². The van der Waals surface area contributed by atoms with Gasteiger partial charge in [0.15, 0.2) is 5.17 Å². The molecule has 0 amide bonds. The first-order chi connectivity index (χ1) is 6.50. The molecule has 0 fully saturated rings. The van der Waals surface area contributed by atoms with Gasteiger partial charge in [-0.05, 0) is 0 Å². The van der Waals surface area contributed by atoms with E-state index in [1.165, 1.54) is 0 Å². The van der Waals surface area contributed by atoms with Crippen molar-refractivity contribution < 1.29 is 0 Å². The van der Waals surface area contributed by atoms with E-state index in [2.05, 4.69) is 4.98 Å². The van der Waals surface area contributed by atoms with Crippen LogP contribution in [0.3, 0.4) is 0 Å². The minimum absolute atomic E-state index is 0. The molecule has 84 valence electrons. The maximum Gasteiger partial charge on any atom is 0.326 e. The van der Waals surface area contributed by atoms with Crippen molar-refractivity contribution in [3.63, 3.8) is 0 Å². The fourth-order valence-corrected chi connectivity index (χ4v) is 1.52. The molecule has 15 heavy (non-hydrogen) atoms. The average molecular weight is 271 g/mol. The van der Waals surface area contributed by atoms with Crippen LogP contribution in [0.2, 0.25) is 5.02 Å². The Kier molecular flexibility index (Phi) is 5.48. The number of hydrogen-bond donors (Lipinski definition) is 4. The number of nitrogens with two attached hydrogens (primary N) is 1. The molecule has 0 saturated carbocycles. The Hall–Kier alpha value is -0.920. The van der Waals surface area contributed by atoms with E-state index in [0.29, 0.717) is 0 Å². The van der Waals surface area contributed by atoms with Crippen LogP contribution in [0.15, 0.2) is 9.59 Å². The highest BCUT2D eigenvalue weighted by Gasteiger charge is 2.06. The molecule has 6 nitrogen and oxygen atoms in total. The van der Waals surface area contributed by atoms with Crippen LogP contribution < -0.4 is 17.0 Å². The van der Waals surface area contributed by atoms with E-state index in [-0.39, 0.29) is 34.0 Å². The van der Waals surface area contributed by atoms with Crippen molar-refractivity contribution >= 4 is 40.9 Å². The van der Waals surface area contributed by atoms with Gasteiger partial charge in [0.2, 0.25) is 0 Å². The molecule has 0 aliphatic heterocycles. The molecule has 9 heteroatoms. The maximum absolute atomic E-state index is 11.0. The molecule has 0 saturated heterocycles. The molecule has 0 aliphatic rings. The van der Waals surface area contributed by atoms with Crippen LogP contribution >= 0.6 is 35.8 Å². The number of halogens is 2. The Balaban J connectivity index is 0.00000196. The lowest BCUT2D eigenvalue weighted by atomic mass is 10.4. The summed E-state index contributed by atoms with van der Waals surface area (Å²) in [6.07, 6.45) is 0. The number of nitrogens with one attached hydrogen (secondary N) is 3. The summed E-state index contributed by atoms with van der Waals surface area (Å²) in [5, 5.41) is 6.75. The minimum atomic E-state index is -0.644. The van der Waals surface area contributed by atoms with Crippen molar-refractivity contribution in [1.29, 1.82) is 5.41 Å². The summed E-state index contributed by atoms with van der Waals surface area (Å²) in [4.78, 5) is 26.2. The largest absolute Gasteiger partial charge is 0.379 e. The zero-order chi connectivity index (χ0) is 10.7. The second-order valence-electron chi connectivity index (χ2n) is 2.35. The van der Waals surface area contributed by atoms with Crippen molar-refractivity contribution in [2.75, 3.05) is 0 Å². The number of amidine groups is 1. The Bertz CT molecular complexity index is 469. The first-order valence-corrected chi connectivity index (χ1v) is 4.85. The van der Waals surface area contributed by atoms with Crippen molar-refractivity contribution in [1.82, 2.24) is 9.97 Å². The van der Waals surface area contributed by atoms with Crippen LogP contribution in [-0.2, 0) is 5.75 Å². The topological polar surface area (TPSA) is 116 Å². The number of aromatic nitrogens is 2. The van der Waals surface area contributed by atoms with Crippen LogP contribution in [0.1, 0.15) is 5.69 Å². The summed E-state index contributed by atoms with van der Waals surface area (Å²) < 4.78 is 0. The molecule has 5 N–H and O–H groups in total. The fraction of sp³-hybridized carbons (Fsp3) is 0.167. The third kappa shape index (κ3) is 3.98. The highest BCUT2D eigenvalue weighted by Crippen LogP contribution is 2.13. The molecule has 0 atom stereocenters. The Morgan fingerprint density at radius 2 is 2.07 bits per heavy atom. The Morgan fingerprint density at radius 3 is 2.60 bits per heavy atom. The predicted octanol–water partition coefficient (Wildman–Crippen LogP) is 0.265. The third-order valence-corrected chi connectivity index (χ3v) is 2.47. The summed E-state index contributed by atoms with van der Waals surface area (Å²) in [7, 11) is 0. The number of thioether (sulfide) groups is 1. The van der Waals surface area contributed by atoms with Crippen LogP contribution in [0.4, 0.5) is 0 Å². The van der Waals surface area contributed by atoms with E-state index in [0.717, 1.165) is 11.8 Å². The lowest BCUT2D eigenvalue weighted by molar-refractivity contribution is 0.987. The fourth-order valence-electron chi connectivity index (χ4n) is 0.768. The predicted molar refractivity (Wildman–Crippen MR) is 63.2 cm³/mol. The van der Waals surface area contributed by atoms with E-state index in [9.17, 15) is 9.59 Å². The highest BCUT2D eigenvalue weighted by atomic mass is 35.5. The molecule has 1 aromatic heterocycles. The smallest absolute Gasteiger partial charge is 0.326 e. The van der Waals surface area contributed by atoms with E-state index in [4.69, 9.17) is 22.7 Å². The van der Waals surface area contributed by atoms with Gasteiger partial charge in [0.25, 0.3) is 5.56 Å². The summed E-state index contributed by atoms with van der Waals surface area (Å²) in [6.45, 7) is 0. The number of aromatic amines is 2. The lowest BCUT2D eigenvalue weighted by Crippen LogP contribution is -2.24. The molecule has 0 unspecified atom stereocenters. The van der Waals surface area contributed by atoms with E-state index in [1.807, 2.05) is 4.98 Å². The van der Waals surface area contributed by atoms with Crippen molar-refractivity contribution in [3.05, 3.63) is 31.6 Å². The normalized spacial score (nSPS) is 9.40. The molecule has 1 rings (SSSR count). The number of H-pyrrole nitrogens is 2. The quantitative estimate of drug-likeness (QED) is 0.456. The second kappa shape index (κ2) is 5.84. The molecular weight excluding hydrogens is 263 g/mol. The molecule has 0 spiro atoms. The molecule has 0 radical (unpaired) electrons. The van der Waals surface area contributed by atoms with Crippen molar-refractivity contribution in [3.8, 4) is 0 Å². The average Bonchev–Trinajstić information content (AvgIpc) is 2.08. The SMILES string of the molecule is Cl.N=C(N)SCc1[nH]c(=O)[nH]c(=O)c1Cl. The standard InChI is InChI=1S/C6H7ClN4O2S.ClH/c7-3-2(1-14-5(8)9)10-6(13)11-4(3)12;/h1H2,(H3,8,9)(H2,10,11,12,13);1H. The van der Waals surface area contributed by atoms with Gasteiger partial charge >= 0.3 is 5.69 Å². The molecule has 1 heterocycles.